The lowest BCUT2D eigenvalue weighted by Gasteiger charge is -2.27. The molecule has 7 nitrogen and oxygen atoms in total. The first-order valence-corrected chi connectivity index (χ1v) is 10.2. The summed E-state index contributed by atoms with van der Waals surface area (Å²) < 4.78 is 29.2. The monoisotopic (exact) mass is 451 g/mol. The van der Waals surface area contributed by atoms with Crippen molar-refractivity contribution in [3.05, 3.63) is 94.9 Å². The van der Waals surface area contributed by atoms with Gasteiger partial charge in [0, 0.05) is 6.54 Å². The zero-order chi connectivity index (χ0) is 23.5. The van der Waals surface area contributed by atoms with Crippen LogP contribution >= 0.6 is 0 Å². The Morgan fingerprint density at radius 2 is 1.82 bits per heavy atom. The highest BCUT2D eigenvalue weighted by Crippen LogP contribution is 2.41. The summed E-state index contributed by atoms with van der Waals surface area (Å²) in [7, 11) is 2.99. The van der Waals surface area contributed by atoms with Gasteiger partial charge in [-0.15, -0.1) is 0 Å². The minimum absolute atomic E-state index is 0.00945. The van der Waals surface area contributed by atoms with E-state index in [2.05, 4.69) is 0 Å². The van der Waals surface area contributed by atoms with Crippen molar-refractivity contribution in [3.8, 4) is 11.5 Å². The third-order valence-electron chi connectivity index (χ3n) is 5.57. The minimum Gasteiger partial charge on any atom is -0.503 e. The van der Waals surface area contributed by atoms with Gasteiger partial charge in [-0.1, -0.05) is 18.2 Å². The fraction of sp³-hybridized carbons (Fsp3) is 0.200. The van der Waals surface area contributed by atoms with Crippen molar-refractivity contribution in [2.75, 3.05) is 20.8 Å². The van der Waals surface area contributed by atoms with Crippen LogP contribution in [-0.2, 0) is 11.2 Å². The third kappa shape index (κ3) is 4.19. The van der Waals surface area contributed by atoms with Gasteiger partial charge in [0.25, 0.3) is 5.91 Å². The van der Waals surface area contributed by atoms with E-state index in [0.29, 0.717) is 23.5 Å². The van der Waals surface area contributed by atoms with Crippen LogP contribution < -0.4 is 9.47 Å². The van der Waals surface area contributed by atoms with Crippen molar-refractivity contribution in [1.82, 2.24) is 4.90 Å². The van der Waals surface area contributed by atoms with E-state index in [1.165, 1.54) is 43.6 Å². The Morgan fingerprint density at radius 1 is 1.09 bits per heavy atom. The highest BCUT2D eigenvalue weighted by Gasteiger charge is 2.44. The van der Waals surface area contributed by atoms with Crippen LogP contribution in [0.1, 0.15) is 27.7 Å². The molecule has 4 rings (SSSR count). The SMILES string of the molecule is COc1ccc(C2C(C(=O)c3ccco3)=C(O)C(=O)N2CCc2ccc(F)cc2)cc1OC. The molecule has 0 bridgehead atoms. The molecule has 1 aliphatic rings. The normalized spacial score (nSPS) is 15.8. The molecule has 170 valence electrons. The Kier molecular flexibility index (Phi) is 6.17. The van der Waals surface area contributed by atoms with E-state index in [1.54, 1.807) is 36.4 Å². The van der Waals surface area contributed by atoms with E-state index in [9.17, 15) is 19.1 Å². The molecular weight excluding hydrogens is 429 g/mol. The van der Waals surface area contributed by atoms with Crippen LogP contribution in [0.3, 0.4) is 0 Å². The number of nitrogens with zero attached hydrogens (tertiary/aromatic N) is 1. The zero-order valence-electron chi connectivity index (χ0n) is 18.1. The number of hydrogen-bond acceptors (Lipinski definition) is 6. The summed E-state index contributed by atoms with van der Waals surface area (Å²) in [4.78, 5) is 27.7. The van der Waals surface area contributed by atoms with Gasteiger partial charge in [0.15, 0.2) is 23.0 Å². The molecule has 1 amide bonds. The summed E-state index contributed by atoms with van der Waals surface area (Å²) in [6.45, 7) is 0.183. The number of furan rings is 1. The number of methoxy groups -OCH3 is 2. The number of amides is 1. The number of benzene rings is 2. The molecule has 2 heterocycles. The molecule has 0 spiro atoms. The van der Waals surface area contributed by atoms with Gasteiger partial charge >= 0.3 is 0 Å². The summed E-state index contributed by atoms with van der Waals surface area (Å²) in [5.41, 5.74) is 1.28. The predicted molar refractivity (Wildman–Crippen MR) is 117 cm³/mol. The third-order valence-corrected chi connectivity index (χ3v) is 5.57. The van der Waals surface area contributed by atoms with Crippen molar-refractivity contribution in [1.29, 1.82) is 0 Å². The Morgan fingerprint density at radius 3 is 2.45 bits per heavy atom. The van der Waals surface area contributed by atoms with Crippen LogP contribution in [0, 0.1) is 5.82 Å². The maximum absolute atomic E-state index is 13.3. The number of aliphatic hydroxyl groups is 1. The van der Waals surface area contributed by atoms with Crippen molar-refractivity contribution in [2.24, 2.45) is 0 Å². The van der Waals surface area contributed by atoms with Gasteiger partial charge in [0.1, 0.15) is 5.82 Å². The van der Waals surface area contributed by atoms with Gasteiger partial charge in [-0.05, 0) is 53.9 Å². The van der Waals surface area contributed by atoms with E-state index >= 15 is 0 Å². The fourth-order valence-electron chi connectivity index (χ4n) is 3.93. The number of aliphatic hydroxyl groups excluding tert-OH is 1. The van der Waals surface area contributed by atoms with Crippen LogP contribution in [0.2, 0.25) is 0 Å². The molecule has 0 saturated heterocycles. The molecule has 1 unspecified atom stereocenters. The molecule has 8 heteroatoms. The van der Waals surface area contributed by atoms with Gasteiger partial charge in [-0.25, -0.2) is 4.39 Å². The fourth-order valence-corrected chi connectivity index (χ4v) is 3.93. The average Bonchev–Trinajstić information content (AvgIpc) is 3.45. The van der Waals surface area contributed by atoms with Gasteiger partial charge in [-0.2, -0.15) is 0 Å². The minimum atomic E-state index is -0.879. The van der Waals surface area contributed by atoms with Crippen molar-refractivity contribution in [3.63, 3.8) is 0 Å². The van der Waals surface area contributed by atoms with Crippen LogP contribution in [0.25, 0.3) is 0 Å². The van der Waals surface area contributed by atoms with Crippen LogP contribution in [0.5, 0.6) is 11.5 Å². The second kappa shape index (κ2) is 9.20. The topological polar surface area (TPSA) is 89.2 Å². The predicted octanol–water partition coefficient (Wildman–Crippen LogP) is 4.26. The first kappa shape index (κ1) is 22.1. The summed E-state index contributed by atoms with van der Waals surface area (Å²) in [6.07, 6.45) is 1.74. The first-order chi connectivity index (χ1) is 15.9. The second-order valence-electron chi connectivity index (χ2n) is 7.46. The molecule has 0 saturated carbocycles. The molecule has 3 aromatic rings. The largest absolute Gasteiger partial charge is 0.503 e. The molecule has 33 heavy (non-hydrogen) atoms. The molecule has 1 atom stereocenters. The van der Waals surface area contributed by atoms with Crippen LogP contribution in [0.15, 0.2) is 76.6 Å². The number of Topliss-reactive ketones (excluding diaryl/α,β-unsaturated/α-hetero) is 1. The summed E-state index contributed by atoms with van der Waals surface area (Å²) >= 11 is 0. The highest BCUT2D eigenvalue weighted by atomic mass is 19.1. The number of hydrogen-bond donors (Lipinski definition) is 1. The lowest BCUT2D eigenvalue weighted by atomic mass is 9.94. The molecule has 1 aliphatic heterocycles. The maximum atomic E-state index is 13.3. The van der Waals surface area contributed by atoms with Gasteiger partial charge < -0.3 is 23.9 Å². The summed E-state index contributed by atoms with van der Waals surface area (Å²) in [6, 6.07) is 13.1. The highest BCUT2D eigenvalue weighted by molar-refractivity contribution is 6.15. The Labute approximate surface area is 189 Å². The molecule has 1 N–H and O–H groups in total. The zero-order valence-corrected chi connectivity index (χ0v) is 18.1. The Balaban J connectivity index is 1.74. The quantitative estimate of drug-likeness (QED) is 0.515. The number of carbonyl (C=O) groups is 2. The summed E-state index contributed by atoms with van der Waals surface area (Å²) in [5.74, 6) is -1.34. The Bertz CT molecular complexity index is 1200. The van der Waals surface area contributed by atoms with E-state index in [-0.39, 0.29) is 23.7 Å². The van der Waals surface area contributed by atoms with E-state index < -0.39 is 23.5 Å². The van der Waals surface area contributed by atoms with Gasteiger partial charge in [0.2, 0.25) is 5.78 Å². The molecule has 1 aromatic heterocycles. The van der Waals surface area contributed by atoms with Crippen LogP contribution in [-0.4, -0.2) is 42.5 Å². The maximum Gasteiger partial charge on any atom is 0.290 e. The van der Waals surface area contributed by atoms with Gasteiger partial charge in [-0.3, -0.25) is 9.59 Å². The van der Waals surface area contributed by atoms with Crippen LogP contribution in [0.4, 0.5) is 4.39 Å². The number of ether oxygens (including phenoxy) is 2. The molecule has 2 aromatic carbocycles. The van der Waals surface area contributed by atoms with E-state index in [1.807, 2.05) is 0 Å². The smallest absolute Gasteiger partial charge is 0.290 e. The second-order valence-corrected chi connectivity index (χ2v) is 7.46. The van der Waals surface area contributed by atoms with Crippen molar-refractivity contribution < 1.29 is 33.0 Å². The lowest BCUT2D eigenvalue weighted by molar-refractivity contribution is -0.129. The lowest BCUT2D eigenvalue weighted by Crippen LogP contribution is -2.33. The number of rotatable bonds is 8. The van der Waals surface area contributed by atoms with Crippen molar-refractivity contribution in [2.45, 2.75) is 12.5 Å². The number of ketones is 1. The molecular formula is C25H22FNO6. The van der Waals surface area contributed by atoms with E-state index in [4.69, 9.17) is 13.9 Å². The molecule has 0 radical (unpaired) electrons. The molecule has 0 fully saturated rings. The first-order valence-electron chi connectivity index (χ1n) is 10.2. The average molecular weight is 451 g/mol. The van der Waals surface area contributed by atoms with Crippen molar-refractivity contribution >= 4 is 11.7 Å². The Hall–Kier alpha value is -4.07. The number of carbonyl (C=O) groups excluding carboxylic acids is 2. The van der Waals surface area contributed by atoms with E-state index in [0.717, 1.165) is 5.56 Å². The summed E-state index contributed by atoms with van der Waals surface area (Å²) in [5, 5.41) is 10.7. The van der Waals surface area contributed by atoms with Gasteiger partial charge in [0.05, 0.1) is 32.1 Å². The molecule has 0 aliphatic carbocycles. The number of halogens is 1. The standard InChI is InChI=1S/C25H22FNO6/c1-31-18-10-7-16(14-20(18)32-2)22-21(23(28)19-4-3-13-33-19)24(29)25(30)27(22)12-11-15-5-8-17(26)9-6-15/h3-10,13-14,22,29H,11-12H2,1-2H3.